The van der Waals surface area contributed by atoms with Gasteiger partial charge >= 0.3 is 6.03 Å². The quantitative estimate of drug-likeness (QED) is 0.714. The molecule has 0 radical (unpaired) electrons. The van der Waals surface area contributed by atoms with Crippen LogP contribution in [-0.2, 0) is 0 Å². The summed E-state index contributed by atoms with van der Waals surface area (Å²) in [5.74, 6) is 0.440. The van der Waals surface area contributed by atoms with Crippen LogP contribution in [0.25, 0.3) is 0 Å². The molecule has 14 heavy (non-hydrogen) atoms. The molecule has 0 aliphatic carbocycles. The minimum absolute atomic E-state index is 0.409. The predicted octanol–water partition coefficient (Wildman–Crippen LogP) is 1.06. The number of rotatable bonds is 2. The number of hydrogen-bond acceptors (Lipinski definition) is 3. The maximum atomic E-state index is 11.6. The second-order valence-corrected chi connectivity index (χ2v) is 2.93. The minimum Gasteiger partial charge on any atom is -0.372 e. The van der Waals surface area contributed by atoms with Crippen molar-refractivity contribution in [1.29, 1.82) is 0 Å². The molecule has 1 amide bonds. The summed E-state index contributed by atoms with van der Waals surface area (Å²) in [5.41, 5.74) is -0.417. The van der Waals surface area contributed by atoms with Gasteiger partial charge in [-0.1, -0.05) is 4.74 Å². The zero-order chi connectivity index (χ0) is 10.7. The highest BCUT2D eigenvalue weighted by Gasteiger charge is 2.16. The zero-order valence-electron chi connectivity index (χ0n) is 8.61. The summed E-state index contributed by atoms with van der Waals surface area (Å²) in [7, 11) is 0. The summed E-state index contributed by atoms with van der Waals surface area (Å²) in [5, 5.41) is 0. The van der Waals surface area contributed by atoms with E-state index in [0.29, 0.717) is 18.8 Å². The SMILES string of the molecule is CCN(CC)C(=O)n1oc(C)cc1=O. The van der Waals surface area contributed by atoms with Crippen molar-refractivity contribution in [2.24, 2.45) is 0 Å². The Hall–Kier alpha value is -1.52. The predicted molar refractivity (Wildman–Crippen MR) is 51.4 cm³/mol. The van der Waals surface area contributed by atoms with Gasteiger partial charge < -0.3 is 9.42 Å². The van der Waals surface area contributed by atoms with E-state index in [2.05, 4.69) is 0 Å². The van der Waals surface area contributed by atoms with Crippen LogP contribution in [0.2, 0.25) is 0 Å². The van der Waals surface area contributed by atoms with E-state index >= 15 is 0 Å². The molecule has 0 saturated heterocycles. The molecule has 1 aromatic rings. The number of amides is 1. The maximum Gasteiger partial charge on any atom is 0.361 e. The van der Waals surface area contributed by atoms with Crippen LogP contribution in [0.1, 0.15) is 19.6 Å². The Morgan fingerprint density at radius 1 is 1.50 bits per heavy atom. The number of aryl methyl sites for hydroxylation is 1. The third-order valence-corrected chi connectivity index (χ3v) is 1.97. The van der Waals surface area contributed by atoms with Gasteiger partial charge in [-0.25, -0.2) is 4.79 Å². The molecule has 0 saturated carbocycles. The summed E-state index contributed by atoms with van der Waals surface area (Å²) in [6.07, 6.45) is 0. The molecule has 0 aliphatic heterocycles. The molecule has 0 aliphatic rings. The van der Waals surface area contributed by atoms with Crippen molar-refractivity contribution in [2.75, 3.05) is 13.1 Å². The molecule has 0 atom stereocenters. The van der Waals surface area contributed by atoms with E-state index in [1.54, 1.807) is 6.92 Å². The van der Waals surface area contributed by atoms with Gasteiger partial charge in [0.2, 0.25) is 0 Å². The highest BCUT2D eigenvalue weighted by Crippen LogP contribution is 1.97. The van der Waals surface area contributed by atoms with Gasteiger partial charge in [0.05, 0.1) is 0 Å². The third kappa shape index (κ3) is 1.86. The van der Waals surface area contributed by atoms with Gasteiger partial charge in [0.1, 0.15) is 5.76 Å². The average Bonchev–Trinajstić information content (AvgIpc) is 2.47. The smallest absolute Gasteiger partial charge is 0.361 e. The molecule has 0 aromatic carbocycles. The van der Waals surface area contributed by atoms with E-state index in [1.807, 2.05) is 13.8 Å². The van der Waals surface area contributed by atoms with E-state index in [4.69, 9.17) is 4.52 Å². The summed E-state index contributed by atoms with van der Waals surface area (Å²) < 4.78 is 5.75. The van der Waals surface area contributed by atoms with Gasteiger partial charge in [0.15, 0.2) is 0 Å². The second-order valence-electron chi connectivity index (χ2n) is 2.93. The van der Waals surface area contributed by atoms with Crippen molar-refractivity contribution < 1.29 is 9.32 Å². The van der Waals surface area contributed by atoms with Crippen molar-refractivity contribution in [1.82, 2.24) is 9.64 Å². The topological polar surface area (TPSA) is 55.5 Å². The lowest BCUT2D eigenvalue weighted by molar-refractivity contribution is 0.169. The van der Waals surface area contributed by atoms with Crippen LogP contribution < -0.4 is 5.56 Å². The van der Waals surface area contributed by atoms with Gasteiger partial charge in [-0.15, -0.1) is 0 Å². The van der Waals surface area contributed by atoms with Crippen molar-refractivity contribution in [3.63, 3.8) is 0 Å². The fourth-order valence-corrected chi connectivity index (χ4v) is 1.20. The first-order valence-electron chi connectivity index (χ1n) is 4.59. The Balaban J connectivity index is 2.99. The molecule has 1 aromatic heterocycles. The first-order chi connectivity index (χ1) is 6.60. The van der Waals surface area contributed by atoms with Crippen LogP contribution in [0.4, 0.5) is 4.79 Å². The largest absolute Gasteiger partial charge is 0.372 e. The lowest BCUT2D eigenvalue weighted by Crippen LogP contribution is -2.37. The summed E-state index contributed by atoms with van der Waals surface area (Å²) in [4.78, 5) is 24.4. The third-order valence-electron chi connectivity index (χ3n) is 1.97. The van der Waals surface area contributed by atoms with Crippen LogP contribution in [0.15, 0.2) is 15.4 Å². The number of carbonyl (C=O) groups is 1. The molecular formula is C9H14N2O3. The summed E-state index contributed by atoms with van der Waals surface area (Å²) in [6, 6.07) is 0.884. The van der Waals surface area contributed by atoms with Crippen LogP contribution in [0.3, 0.4) is 0 Å². The molecule has 1 heterocycles. The normalized spacial score (nSPS) is 10.2. The number of aromatic nitrogens is 1. The zero-order valence-corrected chi connectivity index (χ0v) is 8.61. The summed E-state index contributed by atoms with van der Waals surface area (Å²) in [6.45, 7) is 6.45. The molecule has 0 N–H and O–H groups in total. The Morgan fingerprint density at radius 2 is 2.07 bits per heavy atom. The Morgan fingerprint density at radius 3 is 2.43 bits per heavy atom. The van der Waals surface area contributed by atoms with E-state index in [1.165, 1.54) is 11.0 Å². The van der Waals surface area contributed by atoms with Gasteiger partial charge in [-0.2, -0.15) is 0 Å². The number of carbonyl (C=O) groups excluding carboxylic acids is 1. The van der Waals surface area contributed by atoms with E-state index in [9.17, 15) is 9.59 Å². The van der Waals surface area contributed by atoms with E-state index in [-0.39, 0.29) is 0 Å². The standard InChI is InChI=1S/C9H14N2O3/c1-4-10(5-2)9(13)11-8(12)6-7(3)14-11/h6H,4-5H2,1-3H3. The Kier molecular flexibility index (Phi) is 3.11. The maximum absolute atomic E-state index is 11.6. The molecule has 5 nitrogen and oxygen atoms in total. The van der Waals surface area contributed by atoms with Crippen LogP contribution in [0, 0.1) is 6.92 Å². The van der Waals surface area contributed by atoms with Gasteiger partial charge in [-0.3, -0.25) is 4.79 Å². The van der Waals surface area contributed by atoms with Gasteiger partial charge in [0.25, 0.3) is 5.56 Å². The first-order valence-corrected chi connectivity index (χ1v) is 4.59. The second kappa shape index (κ2) is 4.13. The van der Waals surface area contributed by atoms with E-state index in [0.717, 1.165) is 4.74 Å². The number of hydrogen-bond donors (Lipinski definition) is 0. The van der Waals surface area contributed by atoms with Crippen LogP contribution >= 0.6 is 0 Å². The minimum atomic E-state index is -0.417. The van der Waals surface area contributed by atoms with Crippen molar-refractivity contribution >= 4 is 6.03 Å². The lowest BCUT2D eigenvalue weighted by Gasteiger charge is -2.16. The molecule has 5 heteroatoms. The van der Waals surface area contributed by atoms with E-state index < -0.39 is 11.6 Å². The Bertz CT molecular complexity index is 374. The molecule has 78 valence electrons. The van der Waals surface area contributed by atoms with Crippen molar-refractivity contribution in [3.8, 4) is 0 Å². The molecule has 0 unspecified atom stereocenters. The average molecular weight is 198 g/mol. The summed E-state index contributed by atoms with van der Waals surface area (Å²) >= 11 is 0. The molecule has 0 fully saturated rings. The Labute approximate surface area is 81.9 Å². The lowest BCUT2D eigenvalue weighted by atomic mass is 10.5. The molecule has 1 rings (SSSR count). The molecular weight excluding hydrogens is 184 g/mol. The van der Waals surface area contributed by atoms with Gasteiger partial charge in [0, 0.05) is 19.2 Å². The fraction of sp³-hybridized carbons (Fsp3) is 0.556. The van der Waals surface area contributed by atoms with Crippen molar-refractivity contribution in [2.45, 2.75) is 20.8 Å². The molecule has 0 bridgehead atoms. The van der Waals surface area contributed by atoms with Crippen LogP contribution in [0.5, 0.6) is 0 Å². The number of nitrogens with zero attached hydrogens (tertiary/aromatic N) is 2. The van der Waals surface area contributed by atoms with Gasteiger partial charge in [-0.05, 0) is 20.8 Å². The van der Waals surface area contributed by atoms with Crippen LogP contribution in [-0.4, -0.2) is 28.8 Å². The van der Waals surface area contributed by atoms with Crippen molar-refractivity contribution in [3.05, 3.63) is 22.2 Å². The highest BCUT2D eigenvalue weighted by atomic mass is 16.5. The first kappa shape index (κ1) is 10.6. The fourth-order valence-electron chi connectivity index (χ4n) is 1.20. The monoisotopic (exact) mass is 198 g/mol. The highest BCUT2D eigenvalue weighted by molar-refractivity contribution is 5.75. The molecule has 0 spiro atoms.